The second-order valence-electron chi connectivity index (χ2n) is 6.70. The van der Waals surface area contributed by atoms with Crippen molar-refractivity contribution in [2.24, 2.45) is 22.5 Å². The Balaban J connectivity index is 1.79. The van der Waals surface area contributed by atoms with Crippen LogP contribution in [0.15, 0.2) is 0 Å². The van der Waals surface area contributed by atoms with E-state index in [1.807, 2.05) is 20.8 Å². The minimum absolute atomic E-state index is 0.0134. The van der Waals surface area contributed by atoms with E-state index in [1.54, 1.807) is 0 Å². The highest BCUT2D eigenvalue weighted by Gasteiger charge is 2.53. The van der Waals surface area contributed by atoms with Crippen molar-refractivity contribution in [1.82, 2.24) is 5.32 Å². The number of hydrogen-bond donors (Lipinski definition) is 2. The summed E-state index contributed by atoms with van der Waals surface area (Å²) in [7, 11) is 0. The van der Waals surface area contributed by atoms with E-state index in [0.29, 0.717) is 5.41 Å². The number of rotatable bonds is 4. The van der Waals surface area contributed by atoms with Gasteiger partial charge in [-0.3, -0.25) is 4.79 Å². The minimum Gasteiger partial charge on any atom is -0.354 e. The summed E-state index contributed by atoms with van der Waals surface area (Å²) in [6, 6.07) is -0.400. The number of amides is 1. The van der Waals surface area contributed by atoms with E-state index >= 15 is 0 Å². The molecule has 0 bridgehead atoms. The van der Waals surface area contributed by atoms with Gasteiger partial charge in [-0.2, -0.15) is 0 Å². The molecule has 2 aliphatic rings. The molecule has 1 amide bonds. The van der Waals surface area contributed by atoms with E-state index in [1.165, 1.54) is 25.7 Å². The highest BCUT2D eigenvalue weighted by molar-refractivity contribution is 5.82. The van der Waals surface area contributed by atoms with Crippen LogP contribution in [0.1, 0.15) is 46.5 Å². The summed E-state index contributed by atoms with van der Waals surface area (Å²) in [5, 5.41) is 3.05. The Hall–Kier alpha value is -0.570. The SMILES string of the molecule is CC(C)(C)[C@H](N)C(=O)NCC1(C2CC2)CC1. The molecule has 0 aromatic carbocycles. The van der Waals surface area contributed by atoms with Crippen molar-refractivity contribution in [1.29, 1.82) is 0 Å². The number of carbonyl (C=O) groups excluding carboxylic acids is 1. The average molecular weight is 224 g/mol. The zero-order chi connectivity index (χ0) is 12.0. The zero-order valence-corrected chi connectivity index (χ0v) is 10.7. The highest BCUT2D eigenvalue weighted by Crippen LogP contribution is 2.60. The molecule has 3 nitrogen and oxygen atoms in total. The topological polar surface area (TPSA) is 55.1 Å². The molecule has 2 rings (SSSR count). The van der Waals surface area contributed by atoms with Crippen molar-refractivity contribution in [2.75, 3.05) is 6.54 Å². The third-order valence-electron chi connectivity index (χ3n) is 4.17. The maximum atomic E-state index is 11.9. The molecule has 2 aliphatic carbocycles. The standard InChI is InChI=1S/C13H24N2O/c1-12(2,3)10(14)11(16)15-8-13(6-7-13)9-4-5-9/h9-10H,4-8,14H2,1-3H3,(H,15,16)/t10-/m1/s1. The molecule has 0 saturated heterocycles. The Kier molecular flexibility index (Phi) is 2.77. The molecule has 0 aliphatic heterocycles. The highest BCUT2D eigenvalue weighted by atomic mass is 16.2. The van der Waals surface area contributed by atoms with Crippen molar-refractivity contribution in [3.05, 3.63) is 0 Å². The Morgan fingerprint density at radius 2 is 2.00 bits per heavy atom. The van der Waals surface area contributed by atoms with Gasteiger partial charge in [-0.15, -0.1) is 0 Å². The molecular formula is C13H24N2O. The Labute approximate surface area is 98.2 Å². The van der Waals surface area contributed by atoms with Gasteiger partial charge in [-0.25, -0.2) is 0 Å². The molecule has 3 heteroatoms. The molecule has 0 aromatic rings. The largest absolute Gasteiger partial charge is 0.354 e. The lowest BCUT2D eigenvalue weighted by Crippen LogP contribution is -2.49. The second kappa shape index (κ2) is 3.73. The van der Waals surface area contributed by atoms with Crippen LogP contribution < -0.4 is 11.1 Å². The second-order valence-corrected chi connectivity index (χ2v) is 6.70. The van der Waals surface area contributed by atoms with Crippen molar-refractivity contribution in [3.8, 4) is 0 Å². The van der Waals surface area contributed by atoms with Crippen LogP contribution in [0.2, 0.25) is 0 Å². The van der Waals surface area contributed by atoms with Gasteiger partial charge in [0.2, 0.25) is 5.91 Å². The number of hydrogen-bond acceptors (Lipinski definition) is 2. The smallest absolute Gasteiger partial charge is 0.237 e. The van der Waals surface area contributed by atoms with E-state index < -0.39 is 6.04 Å². The van der Waals surface area contributed by atoms with E-state index in [0.717, 1.165) is 12.5 Å². The summed E-state index contributed by atoms with van der Waals surface area (Å²) in [6.07, 6.45) is 5.31. The summed E-state index contributed by atoms with van der Waals surface area (Å²) in [5.41, 5.74) is 6.24. The van der Waals surface area contributed by atoms with Crippen molar-refractivity contribution < 1.29 is 4.79 Å². The summed E-state index contributed by atoms with van der Waals surface area (Å²) < 4.78 is 0. The third kappa shape index (κ3) is 2.40. The van der Waals surface area contributed by atoms with Crippen LogP contribution in [0, 0.1) is 16.7 Å². The van der Waals surface area contributed by atoms with E-state index in [4.69, 9.17) is 5.73 Å². The first kappa shape index (κ1) is 11.9. The minimum atomic E-state index is -0.400. The van der Waals surface area contributed by atoms with E-state index in [9.17, 15) is 4.79 Å². The lowest BCUT2D eigenvalue weighted by Gasteiger charge is -2.27. The number of nitrogens with one attached hydrogen (secondary N) is 1. The molecule has 0 spiro atoms. The van der Waals surface area contributed by atoms with Gasteiger partial charge in [-0.1, -0.05) is 20.8 Å². The molecule has 0 unspecified atom stereocenters. The predicted molar refractivity (Wildman–Crippen MR) is 64.8 cm³/mol. The van der Waals surface area contributed by atoms with E-state index in [2.05, 4.69) is 5.32 Å². The summed E-state index contributed by atoms with van der Waals surface area (Å²) in [5.74, 6) is 0.901. The van der Waals surface area contributed by atoms with Crippen molar-refractivity contribution in [3.63, 3.8) is 0 Å². The molecule has 0 radical (unpaired) electrons. The summed E-state index contributed by atoms with van der Waals surface area (Å²) in [6.45, 7) is 6.86. The molecular weight excluding hydrogens is 200 g/mol. The maximum Gasteiger partial charge on any atom is 0.237 e. The molecule has 0 aromatic heterocycles. The van der Waals surface area contributed by atoms with Gasteiger partial charge in [0.15, 0.2) is 0 Å². The Morgan fingerprint density at radius 3 is 2.38 bits per heavy atom. The van der Waals surface area contributed by atoms with Gasteiger partial charge < -0.3 is 11.1 Å². The lowest BCUT2D eigenvalue weighted by molar-refractivity contribution is -0.124. The van der Waals surface area contributed by atoms with Crippen LogP contribution in [0.5, 0.6) is 0 Å². The summed E-state index contributed by atoms with van der Waals surface area (Å²) >= 11 is 0. The molecule has 1 atom stereocenters. The molecule has 16 heavy (non-hydrogen) atoms. The summed E-state index contributed by atoms with van der Waals surface area (Å²) in [4.78, 5) is 11.9. The fraction of sp³-hybridized carbons (Fsp3) is 0.923. The molecule has 92 valence electrons. The third-order valence-corrected chi connectivity index (χ3v) is 4.17. The van der Waals surface area contributed by atoms with Crippen LogP contribution in [0.25, 0.3) is 0 Å². The van der Waals surface area contributed by atoms with Crippen LogP contribution in [0.4, 0.5) is 0 Å². The van der Waals surface area contributed by atoms with Crippen LogP contribution in [-0.2, 0) is 4.79 Å². The van der Waals surface area contributed by atoms with Crippen molar-refractivity contribution in [2.45, 2.75) is 52.5 Å². The maximum absolute atomic E-state index is 11.9. The first-order chi connectivity index (χ1) is 7.35. The van der Waals surface area contributed by atoms with Gasteiger partial charge in [-0.05, 0) is 42.4 Å². The van der Waals surface area contributed by atoms with Gasteiger partial charge in [0.1, 0.15) is 0 Å². The fourth-order valence-corrected chi connectivity index (χ4v) is 2.35. The van der Waals surface area contributed by atoms with Gasteiger partial charge >= 0.3 is 0 Å². The lowest BCUT2D eigenvalue weighted by atomic mass is 9.86. The normalized spacial score (nSPS) is 25.0. The predicted octanol–water partition coefficient (Wildman–Crippen LogP) is 1.67. The monoisotopic (exact) mass is 224 g/mol. The quantitative estimate of drug-likeness (QED) is 0.763. The van der Waals surface area contributed by atoms with Crippen LogP contribution in [-0.4, -0.2) is 18.5 Å². The Bertz CT molecular complexity index is 285. The van der Waals surface area contributed by atoms with Crippen LogP contribution >= 0.6 is 0 Å². The van der Waals surface area contributed by atoms with Gasteiger partial charge in [0.25, 0.3) is 0 Å². The van der Waals surface area contributed by atoms with Gasteiger partial charge in [0.05, 0.1) is 6.04 Å². The molecule has 3 N–H and O–H groups in total. The zero-order valence-electron chi connectivity index (χ0n) is 10.7. The molecule has 2 fully saturated rings. The Morgan fingerprint density at radius 1 is 1.44 bits per heavy atom. The van der Waals surface area contributed by atoms with E-state index in [-0.39, 0.29) is 11.3 Å². The molecule has 2 saturated carbocycles. The van der Waals surface area contributed by atoms with Gasteiger partial charge in [0, 0.05) is 6.54 Å². The van der Waals surface area contributed by atoms with Crippen LogP contribution in [0.3, 0.4) is 0 Å². The van der Waals surface area contributed by atoms with Crippen molar-refractivity contribution >= 4 is 5.91 Å². The first-order valence-electron chi connectivity index (χ1n) is 6.38. The number of nitrogens with two attached hydrogens (primary N) is 1. The number of carbonyl (C=O) groups is 1. The average Bonchev–Trinajstić information content (AvgIpc) is 2.98. The first-order valence-corrected chi connectivity index (χ1v) is 6.38. The fourth-order valence-electron chi connectivity index (χ4n) is 2.35. The molecule has 0 heterocycles.